The highest BCUT2D eigenvalue weighted by molar-refractivity contribution is 6.03. The van der Waals surface area contributed by atoms with Gasteiger partial charge in [-0.15, -0.1) is 0 Å². The van der Waals surface area contributed by atoms with Crippen LogP contribution in [0.5, 0.6) is 0 Å². The molecule has 0 saturated carbocycles. The number of benzene rings is 9. The van der Waals surface area contributed by atoms with Gasteiger partial charge in [0.15, 0.2) is 0 Å². The third-order valence-corrected chi connectivity index (χ3v) is 14.4. The molecule has 1 aliphatic rings. The van der Waals surface area contributed by atoms with Crippen molar-refractivity contribution in [3.05, 3.63) is 260 Å². The summed E-state index contributed by atoms with van der Waals surface area (Å²) in [6, 6.07) is 67.6. The van der Waals surface area contributed by atoms with Crippen LogP contribution in [0.1, 0.15) is 140 Å². The Labute approximate surface area is 436 Å². The van der Waals surface area contributed by atoms with Crippen LogP contribution in [0.3, 0.4) is 0 Å². The molecule has 0 aromatic heterocycles. The van der Waals surface area contributed by atoms with E-state index in [-0.39, 0.29) is 5.41 Å². The highest BCUT2D eigenvalue weighted by Crippen LogP contribution is 2.52. The van der Waals surface area contributed by atoms with Crippen LogP contribution in [0.2, 0.25) is 0 Å². The third kappa shape index (κ3) is 13.0. The predicted molar refractivity (Wildman–Crippen MR) is 318 cm³/mol. The molecule has 1 aliphatic carbocycles. The fraction of sp³-hybridized carbons (Fsp3) is 0.278. The van der Waals surface area contributed by atoms with Gasteiger partial charge in [-0.05, 0) is 167 Å². The first-order valence-electron chi connectivity index (χ1n) is 26.5. The molecule has 0 N–H and O–H groups in total. The second-order valence-corrected chi connectivity index (χ2v) is 21.0. The normalized spacial score (nSPS) is 11.7. The molecule has 10 rings (SSSR count). The van der Waals surface area contributed by atoms with Crippen LogP contribution in [0.15, 0.2) is 188 Å². The molecule has 0 bridgehead atoms. The fourth-order valence-electron chi connectivity index (χ4n) is 10.6. The Morgan fingerprint density at radius 1 is 0.361 bits per heavy atom. The van der Waals surface area contributed by atoms with Gasteiger partial charge in [-0.25, -0.2) is 0 Å². The summed E-state index contributed by atoms with van der Waals surface area (Å²) in [7, 11) is 0. The van der Waals surface area contributed by atoms with Crippen LogP contribution >= 0.6 is 0 Å². The predicted octanol–water partition coefficient (Wildman–Crippen LogP) is 20.8. The Kier molecular flexibility index (Phi) is 19.0. The van der Waals surface area contributed by atoms with E-state index in [2.05, 4.69) is 274 Å². The summed E-state index contributed by atoms with van der Waals surface area (Å²) >= 11 is 0. The van der Waals surface area contributed by atoms with Crippen molar-refractivity contribution >= 4 is 10.8 Å². The number of aryl methyl sites for hydroxylation is 8. The highest BCUT2D eigenvalue weighted by Gasteiger charge is 2.36. The van der Waals surface area contributed by atoms with Crippen molar-refractivity contribution in [2.24, 2.45) is 0 Å². The van der Waals surface area contributed by atoms with Gasteiger partial charge in [0.25, 0.3) is 0 Å². The summed E-state index contributed by atoms with van der Waals surface area (Å²) in [5.41, 5.74) is 26.8. The molecule has 370 valence electrons. The van der Waals surface area contributed by atoms with Gasteiger partial charge >= 0.3 is 0 Å². The lowest BCUT2D eigenvalue weighted by Crippen LogP contribution is -2.15. The zero-order chi connectivity index (χ0) is 52.1. The van der Waals surface area contributed by atoms with Gasteiger partial charge in [-0.3, -0.25) is 0 Å². The summed E-state index contributed by atoms with van der Waals surface area (Å²) in [6.45, 7) is 33.4. The van der Waals surface area contributed by atoms with E-state index >= 15 is 0 Å². The standard InChI is InChI=1S/C21H20.C19H24.C17H20.C8H10.C7H8/c1-13-9-10-17-18(11-13)21(3,4)19-12-14(2)15-7-5-6-8-16(15)20(17)19;1-13(2)16-11-8-12-18(19(16)14(3)4)17-10-7-6-9-15(17)5;1-4-14-10-8-12-17(15(14)5-2)16-11-7-6-9-13(16)3;1-7-4-3-5-8(2)6-7;1-7-5-3-2-4-6-7/h5-12H,1-4H3;6-14H,1-5H3;6-12H,4-5H2,1-3H3;3-6H,1-2H3;2-6H,1H3. The fourth-order valence-corrected chi connectivity index (χ4v) is 10.6. The van der Waals surface area contributed by atoms with Crippen molar-refractivity contribution in [1.82, 2.24) is 0 Å². The van der Waals surface area contributed by atoms with Crippen molar-refractivity contribution in [2.75, 3.05) is 0 Å². The lowest BCUT2D eigenvalue weighted by Gasteiger charge is -2.22. The minimum absolute atomic E-state index is 0.0888. The number of fused-ring (bicyclic) bond motifs is 5. The largest absolute Gasteiger partial charge is 0.0622 e. The molecule has 9 aromatic carbocycles. The Balaban J connectivity index is 0.000000155. The Hall–Kier alpha value is -6.76. The van der Waals surface area contributed by atoms with E-state index in [0.29, 0.717) is 11.8 Å². The van der Waals surface area contributed by atoms with Crippen molar-refractivity contribution in [2.45, 2.75) is 134 Å². The van der Waals surface area contributed by atoms with Crippen LogP contribution in [-0.2, 0) is 18.3 Å². The van der Waals surface area contributed by atoms with Crippen LogP contribution in [0.25, 0.3) is 44.2 Å². The van der Waals surface area contributed by atoms with Crippen molar-refractivity contribution in [1.29, 1.82) is 0 Å². The highest BCUT2D eigenvalue weighted by atomic mass is 14.4. The zero-order valence-electron chi connectivity index (χ0n) is 46.5. The van der Waals surface area contributed by atoms with Gasteiger partial charge < -0.3 is 0 Å². The van der Waals surface area contributed by atoms with Crippen molar-refractivity contribution < 1.29 is 0 Å². The SMILES string of the molecule is CCc1cccc(-c2ccccc2C)c1CC.Cc1ccc2c(c1)C(C)(C)c1cc(C)c3ccccc3c1-2.Cc1cccc(C)c1.Cc1ccccc1.Cc1ccccc1-c1cccc(C(C)C)c1C(C)C. The summed E-state index contributed by atoms with van der Waals surface area (Å²) in [5, 5.41) is 2.77. The average Bonchev–Trinajstić information content (AvgIpc) is 3.59. The first kappa shape index (κ1) is 54.6. The van der Waals surface area contributed by atoms with Crippen molar-refractivity contribution in [3.63, 3.8) is 0 Å². The monoisotopic (exact) mass is 947 g/mol. The number of hydrogen-bond acceptors (Lipinski definition) is 0. The van der Waals surface area contributed by atoms with Gasteiger partial charge in [0.2, 0.25) is 0 Å². The summed E-state index contributed by atoms with van der Waals surface area (Å²) in [6.07, 6.45) is 2.22. The van der Waals surface area contributed by atoms with Crippen LogP contribution in [0.4, 0.5) is 0 Å². The lowest BCUT2D eigenvalue weighted by atomic mass is 9.81. The van der Waals surface area contributed by atoms with Crippen LogP contribution in [-0.4, -0.2) is 0 Å². The van der Waals surface area contributed by atoms with Gasteiger partial charge in [-0.1, -0.05) is 266 Å². The minimum atomic E-state index is 0.0888. The third-order valence-electron chi connectivity index (χ3n) is 14.4. The molecule has 0 heterocycles. The second kappa shape index (κ2) is 25.1. The average molecular weight is 947 g/mol. The lowest BCUT2D eigenvalue weighted by molar-refractivity contribution is 0.659. The number of rotatable bonds is 6. The van der Waals surface area contributed by atoms with E-state index in [1.807, 2.05) is 18.2 Å². The van der Waals surface area contributed by atoms with Gasteiger partial charge in [0.1, 0.15) is 0 Å². The molecule has 0 heteroatoms. The molecular weight excluding hydrogens is 865 g/mol. The molecule has 9 aromatic rings. The van der Waals surface area contributed by atoms with Crippen molar-refractivity contribution in [3.8, 4) is 33.4 Å². The zero-order valence-corrected chi connectivity index (χ0v) is 46.5. The minimum Gasteiger partial charge on any atom is -0.0622 e. The molecular formula is C72H82. The van der Waals surface area contributed by atoms with E-state index in [9.17, 15) is 0 Å². The van der Waals surface area contributed by atoms with E-state index in [0.717, 1.165) is 12.8 Å². The first-order valence-corrected chi connectivity index (χ1v) is 26.5. The van der Waals surface area contributed by atoms with Gasteiger partial charge in [-0.2, -0.15) is 0 Å². The van der Waals surface area contributed by atoms with E-state index in [4.69, 9.17) is 0 Å². The smallest absolute Gasteiger partial charge is 0.0159 e. The molecule has 0 fully saturated rings. The molecule has 0 radical (unpaired) electrons. The molecule has 0 spiro atoms. The van der Waals surface area contributed by atoms with E-state index in [1.165, 1.54) is 116 Å². The summed E-state index contributed by atoms with van der Waals surface area (Å²) in [4.78, 5) is 0. The molecule has 0 aliphatic heterocycles. The van der Waals surface area contributed by atoms with E-state index in [1.54, 1.807) is 0 Å². The Morgan fingerprint density at radius 3 is 1.39 bits per heavy atom. The quantitative estimate of drug-likeness (QED) is 0.156. The second-order valence-electron chi connectivity index (χ2n) is 21.0. The van der Waals surface area contributed by atoms with Gasteiger partial charge in [0, 0.05) is 5.41 Å². The molecule has 72 heavy (non-hydrogen) atoms. The van der Waals surface area contributed by atoms with E-state index < -0.39 is 0 Å². The topological polar surface area (TPSA) is 0 Å². The van der Waals surface area contributed by atoms with Crippen LogP contribution in [0, 0.1) is 48.5 Å². The Morgan fingerprint density at radius 2 is 0.861 bits per heavy atom. The molecule has 0 atom stereocenters. The number of hydrogen-bond donors (Lipinski definition) is 0. The maximum Gasteiger partial charge on any atom is 0.0159 e. The van der Waals surface area contributed by atoms with Gasteiger partial charge in [0.05, 0.1) is 0 Å². The molecule has 0 nitrogen and oxygen atoms in total. The molecule has 0 unspecified atom stereocenters. The summed E-state index contributed by atoms with van der Waals surface area (Å²) in [5.74, 6) is 1.12. The summed E-state index contributed by atoms with van der Waals surface area (Å²) < 4.78 is 0. The molecule has 0 saturated heterocycles. The maximum absolute atomic E-state index is 2.40. The van der Waals surface area contributed by atoms with Crippen LogP contribution < -0.4 is 0 Å². The molecule has 0 amide bonds. The Bertz CT molecular complexity index is 3170. The first-order chi connectivity index (χ1) is 34.5. The maximum atomic E-state index is 2.40.